The molecule has 0 N–H and O–H groups in total. The molecule has 7 aromatic carbocycles. The topological polar surface area (TPSA) is 23.8 Å². The summed E-state index contributed by atoms with van der Waals surface area (Å²) in [5, 5.41) is 16.8. The average molecular weight is 480 g/mol. The van der Waals surface area contributed by atoms with Crippen molar-refractivity contribution < 1.29 is 0 Å². The smallest absolute Gasteiger partial charge is 0.0991 e. The largest absolute Gasteiger partial charge is 0.192 e. The zero-order valence-electron chi connectivity index (χ0n) is 20.6. The predicted molar refractivity (Wildman–Crippen MR) is 159 cm³/mol. The highest BCUT2D eigenvalue weighted by atomic mass is 14.3. The summed E-state index contributed by atoms with van der Waals surface area (Å²) < 4.78 is 0. The minimum absolute atomic E-state index is 0.678. The molecule has 0 aliphatic heterocycles. The zero-order chi connectivity index (χ0) is 25.2. The van der Waals surface area contributed by atoms with Crippen LogP contribution in [0.1, 0.15) is 5.56 Å². The van der Waals surface area contributed by atoms with Crippen LogP contribution in [0.25, 0.3) is 76.8 Å². The highest BCUT2D eigenvalue weighted by molar-refractivity contribution is 6.20. The van der Waals surface area contributed by atoms with Crippen molar-refractivity contribution in [1.29, 1.82) is 5.26 Å². The summed E-state index contributed by atoms with van der Waals surface area (Å²) in [5.41, 5.74) is 10.8. The minimum atomic E-state index is 0.678. The van der Waals surface area contributed by atoms with E-state index in [1.54, 1.807) is 0 Å². The number of rotatable bonds is 2. The highest BCUT2D eigenvalue weighted by Crippen LogP contribution is 2.49. The Morgan fingerprint density at radius 1 is 0.395 bits per heavy atom. The first-order valence-electron chi connectivity index (χ1n) is 12.9. The van der Waals surface area contributed by atoms with Crippen LogP contribution in [0.15, 0.2) is 127 Å². The Hall–Kier alpha value is -5.19. The van der Waals surface area contributed by atoms with Crippen molar-refractivity contribution in [2.24, 2.45) is 0 Å². The van der Waals surface area contributed by atoms with Gasteiger partial charge in [-0.1, -0.05) is 103 Å². The van der Waals surface area contributed by atoms with E-state index in [0.717, 1.165) is 5.56 Å². The lowest BCUT2D eigenvalue weighted by Gasteiger charge is -2.14. The van der Waals surface area contributed by atoms with Gasteiger partial charge in [0.25, 0.3) is 0 Å². The molecule has 1 aliphatic carbocycles. The monoisotopic (exact) mass is 479 g/mol. The fraction of sp³-hybridized carbons (Fsp3) is 0. The summed E-state index contributed by atoms with van der Waals surface area (Å²) in [7, 11) is 0. The van der Waals surface area contributed by atoms with Crippen LogP contribution in [0.2, 0.25) is 0 Å². The van der Waals surface area contributed by atoms with Crippen LogP contribution in [0.3, 0.4) is 0 Å². The Labute approximate surface area is 220 Å². The van der Waals surface area contributed by atoms with E-state index < -0.39 is 0 Å². The van der Waals surface area contributed by atoms with Crippen molar-refractivity contribution >= 4 is 32.3 Å². The maximum absolute atomic E-state index is 9.23. The number of hydrogen-bond donors (Lipinski definition) is 0. The number of benzene rings is 7. The van der Waals surface area contributed by atoms with Crippen molar-refractivity contribution in [3.8, 4) is 50.6 Å². The van der Waals surface area contributed by atoms with Crippen LogP contribution < -0.4 is 0 Å². The number of hydrogen-bond acceptors (Lipinski definition) is 1. The molecule has 38 heavy (non-hydrogen) atoms. The van der Waals surface area contributed by atoms with E-state index in [0.29, 0.717) is 5.56 Å². The summed E-state index contributed by atoms with van der Waals surface area (Å²) >= 11 is 0. The molecule has 0 atom stereocenters. The van der Waals surface area contributed by atoms with Crippen molar-refractivity contribution in [3.63, 3.8) is 0 Å². The van der Waals surface area contributed by atoms with Gasteiger partial charge >= 0.3 is 0 Å². The summed E-state index contributed by atoms with van der Waals surface area (Å²) in [4.78, 5) is 0. The second-order valence-electron chi connectivity index (χ2n) is 10.0. The molecule has 1 heteroatoms. The molecule has 0 unspecified atom stereocenters. The molecule has 1 aliphatic rings. The Kier molecular flexibility index (Phi) is 4.36. The molecule has 0 saturated heterocycles. The molecule has 0 fully saturated rings. The first kappa shape index (κ1) is 20.9. The van der Waals surface area contributed by atoms with Gasteiger partial charge < -0.3 is 0 Å². The van der Waals surface area contributed by atoms with E-state index in [9.17, 15) is 5.26 Å². The third-order valence-electron chi connectivity index (χ3n) is 8.04. The molecular formula is C37H21N. The van der Waals surface area contributed by atoms with Gasteiger partial charge in [-0.05, 0) is 101 Å². The average Bonchev–Trinajstić information content (AvgIpc) is 3.32. The molecular weight excluding hydrogens is 458 g/mol. The van der Waals surface area contributed by atoms with Crippen LogP contribution >= 0.6 is 0 Å². The standard InChI is InChI=1S/C37H21N/c38-22-23-12-14-24(15-13-23)35-21-26-17-16-25(20-36(26)31-9-4-3-8-30(31)35)27-18-19-34-29-7-2-1-6-28(29)33-11-5-10-32(27)37(33)34/h1-21H. The quantitative estimate of drug-likeness (QED) is 0.226. The molecule has 7 aromatic rings. The summed E-state index contributed by atoms with van der Waals surface area (Å²) in [5.74, 6) is 0. The lowest BCUT2D eigenvalue weighted by Crippen LogP contribution is -1.87. The lowest BCUT2D eigenvalue weighted by molar-refractivity contribution is 1.48. The Morgan fingerprint density at radius 2 is 1.03 bits per heavy atom. The van der Waals surface area contributed by atoms with E-state index in [2.05, 4.69) is 109 Å². The van der Waals surface area contributed by atoms with Crippen molar-refractivity contribution in [2.75, 3.05) is 0 Å². The first-order valence-corrected chi connectivity index (χ1v) is 12.9. The van der Waals surface area contributed by atoms with Gasteiger partial charge in [-0.3, -0.25) is 0 Å². The molecule has 0 bridgehead atoms. The zero-order valence-corrected chi connectivity index (χ0v) is 20.6. The van der Waals surface area contributed by atoms with Gasteiger partial charge in [0.2, 0.25) is 0 Å². The molecule has 0 heterocycles. The molecule has 1 nitrogen and oxygen atoms in total. The minimum Gasteiger partial charge on any atom is -0.192 e. The third kappa shape index (κ3) is 2.92. The van der Waals surface area contributed by atoms with Gasteiger partial charge in [0.05, 0.1) is 11.6 Å². The lowest BCUT2D eigenvalue weighted by atomic mass is 9.90. The maximum Gasteiger partial charge on any atom is 0.0991 e. The molecule has 0 radical (unpaired) electrons. The maximum atomic E-state index is 9.23. The van der Waals surface area contributed by atoms with Crippen molar-refractivity contribution in [3.05, 3.63) is 133 Å². The Morgan fingerprint density at radius 3 is 1.82 bits per heavy atom. The predicted octanol–water partition coefficient (Wildman–Crippen LogP) is 10.00. The van der Waals surface area contributed by atoms with Gasteiger partial charge in [0, 0.05) is 0 Å². The Bertz CT molecular complexity index is 2100. The second-order valence-corrected chi connectivity index (χ2v) is 10.0. The van der Waals surface area contributed by atoms with Gasteiger partial charge in [-0.2, -0.15) is 5.26 Å². The van der Waals surface area contributed by atoms with Crippen molar-refractivity contribution in [1.82, 2.24) is 0 Å². The SMILES string of the molecule is N#Cc1ccc(-c2cc3ccc(-c4ccc5c6c(cccc46)-c4ccccc4-5)cc3c3ccccc23)cc1. The summed E-state index contributed by atoms with van der Waals surface area (Å²) in [6, 6.07) is 47.9. The highest BCUT2D eigenvalue weighted by Gasteiger charge is 2.22. The van der Waals surface area contributed by atoms with Gasteiger partial charge in [-0.15, -0.1) is 0 Å². The number of nitriles is 1. The van der Waals surface area contributed by atoms with Gasteiger partial charge in [-0.25, -0.2) is 0 Å². The number of fused-ring (bicyclic) bond motifs is 6. The normalized spacial score (nSPS) is 11.7. The van der Waals surface area contributed by atoms with Crippen molar-refractivity contribution in [2.45, 2.75) is 0 Å². The third-order valence-corrected chi connectivity index (χ3v) is 8.04. The molecule has 174 valence electrons. The van der Waals surface area contributed by atoms with E-state index >= 15 is 0 Å². The van der Waals surface area contributed by atoms with Crippen LogP contribution in [0.4, 0.5) is 0 Å². The fourth-order valence-corrected chi connectivity index (χ4v) is 6.29. The van der Waals surface area contributed by atoms with Crippen LogP contribution in [-0.2, 0) is 0 Å². The fourth-order valence-electron chi connectivity index (χ4n) is 6.29. The van der Waals surface area contributed by atoms with Gasteiger partial charge in [0.1, 0.15) is 0 Å². The molecule has 0 saturated carbocycles. The number of nitrogens with zero attached hydrogens (tertiary/aromatic N) is 1. The van der Waals surface area contributed by atoms with E-state index in [4.69, 9.17) is 0 Å². The van der Waals surface area contributed by atoms with Crippen LogP contribution in [-0.4, -0.2) is 0 Å². The van der Waals surface area contributed by atoms with E-state index in [1.165, 1.54) is 71.3 Å². The molecule has 0 amide bonds. The molecule has 8 rings (SSSR count). The molecule has 0 spiro atoms. The van der Waals surface area contributed by atoms with E-state index in [1.807, 2.05) is 24.3 Å². The second kappa shape index (κ2) is 7.90. The van der Waals surface area contributed by atoms with Crippen LogP contribution in [0, 0.1) is 11.3 Å². The van der Waals surface area contributed by atoms with Crippen LogP contribution in [0.5, 0.6) is 0 Å². The molecule has 0 aromatic heterocycles. The summed E-state index contributed by atoms with van der Waals surface area (Å²) in [6.07, 6.45) is 0. The summed E-state index contributed by atoms with van der Waals surface area (Å²) in [6.45, 7) is 0. The first-order chi connectivity index (χ1) is 18.8. The van der Waals surface area contributed by atoms with E-state index in [-0.39, 0.29) is 0 Å². The van der Waals surface area contributed by atoms with Gasteiger partial charge in [0.15, 0.2) is 0 Å². The Balaban J connectivity index is 1.36.